The van der Waals surface area contributed by atoms with Crippen molar-refractivity contribution in [3.63, 3.8) is 0 Å². The van der Waals surface area contributed by atoms with E-state index >= 15 is 0 Å². The molecule has 1 fully saturated rings. The molecular weight excluding hydrogens is 208 g/mol. The fourth-order valence-electron chi connectivity index (χ4n) is 2.40. The van der Waals surface area contributed by atoms with Crippen molar-refractivity contribution < 1.29 is 0 Å². The third-order valence-corrected chi connectivity index (χ3v) is 4.02. The molecule has 0 atom stereocenters. The Hall–Kier alpha value is -0.860. The summed E-state index contributed by atoms with van der Waals surface area (Å²) in [4.78, 5) is 2.43. The molecule has 17 heavy (non-hydrogen) atoms. The Morgan fingerprint density at radius 3 is 2.18 bits per heavy atom. The zero-order valence-corrected chi connectivity index (χ0v) is 11.2. The van der Waals surface area contributed by atoms with Crippen LogP contribution in [-0.2, 0) is 13.0 Å². The van der Waals surface area contributed by atoms with E-state index in [0.717, 1.165) is 26.1 Å². The van der Waals surface area contributed by atoms with Crippen LogP contribution in [0.4, 0.5) is 0 Å². The Morgan fingerprint density at radius 2 is 1.71 bits per heavy atom. The molecule has 1 aromatic rings. The minimum absolute atomic E-state index is 0.0450. The highest BCUT2D eigenvalue weighted by atomic mass is 15.2. The van der Waals surface area contributed by atoms with Crippen molar-refractivity contribution in [3.05, 3.63) is 35.4 Å². The van der Waals surface area contributed by atoms with Crippen molar-refractivity contribution in [2.24, 2.45) is 11.7 Å². The molecule has 2 heteroatoms. The molecule has 0 aliphatic carbocycles. The second kappa shape index (κ2) is 4.79. The highest BCUT2D eigenvalue weighted by molar-refractivity contribution is 5.23. The van der Waals surface area contributed by atoms with Crippen molar-refractivity contribution in [1.29, 1.82) is 0 Å². The van der Waals surface area contributed by atoms with Gasteiger partial charge in [0.2, 0.25) is 0 Å². The Kier molecular flexibility index (Phi) is 3.55. The topological polar surface area (TPSA) is 29.3 Å². The van der Waals surface area contributed by atoms with Crippen molar-refractivity contribution in [2.75, 3.05) is 13.1 Å². The van der Waals surface area contributed by atoms with Gasteiger partial charge in [0.15, 0.2) is 0 Å². The summed E-state index contributed by atoms with van der Waals surface area (Å²) < 4.78 is 0. The summed E-state index contributed by atoms with van der Waals surface area (Å²) >= 11 is 0. The van der Waals surface area contributed by atoms with Crippen molar-refractivity contribution in [3.8, 4) is 0 Å². The maximum Gasteiger partial charge on any atom is 0.0435 e. The lowest BCUT2D eigenvalue weighted by atomic mass is 9.80. The van der Waals surface area contributed by atoms with E-state index in [0.29, 0.717) is 5.92 Å². The molecule has 2 nitrogen and oxygen atoms in total. The molecule has 1 aliphatic heterocycles. The molecule has 2 rings (SSSR count). The number of hydrogen-bond donors (Lipinski definition) is 1. The van der Waals surface area contributed by atoms with Crippen molar-refractivity contribution in [1.82, 2.24) is 4.90 Å². The lowest BCUT2D eigenvalue weighted by Crippen LogP contribution is -2.69. The van der Waals surface area contributed by atoms with Gasteiger partial charge in [0.25, 0.3) is 0 Å². The second-order valence-corrected chi connectivity index (χ2v) is 5.70. The van der Waals surface area contributed by atoms with E-state index in [1.54, 1.807) is 0 Å². The number of likely N-dealkylation sites (tertiary alicyclic amines) is 1. The first kappa shape index (κ1) is 12.6. The first-order valence-electron chi connectivity index (χ1n) is 6.62. The summed E-state index contributed by atoms with van der Waals surface area (Å²) in [7, 11) is 0. The number of hydrogen-bond acceptors (Lipinski definition) is 2. The first-order chi connectivity index (χ1) is 8.03. The van der Waals surface area contributed by atoms with Gasteiger partial charge < -0.3 is 5.73 Å². The van der Waals surface area contributed by atoms with Crippen LogP contribution in [0.15, 0.2) is 24.3 Å². The highest BCUT2D eigenvalue weighted by Crippen LogP contribution is 2.27. The molecule has 0 saturated carbocycles. The lowest BCUT2D eigenvalue weighted by Gasteiger charge is -2.50. The number of nitrogens with two attached hydrogens (primary N) is 1. The largest absolute Gasteiger partial charge is 0.323 e. The molecule has 0 spiro atoms. The number of rotatable bonds is 4. The van der Waals surface area contributed by atoms with Gasteiger partial charge in [-0.25, -0.2) is 0 Å². The van der Waals surface area contributed by atoms with E-state index in [2.05, 4.69) is 49.9 Å². The lowest BCUT2D eigenvalue weighted by molar-refractivity contribution is 0.0313. The van der Waals surface area contributed by atoms with Gasteiger partial charge in [-0.2, -0.15) is 0 Å². The average molecular weight is 232 g/mol. The standard InChI is InChI=1S/C15H24N2/c1-4-13-5-7-14(8-6-13)9-17-10-15(16,11-17)12(2)3/h5-8,12H,4,9-11,16H2,1-3H3. The molecule has 1 aliphatic rings. The second-order valence-electron chi connectivity index (χ2n) is 5.70. The molecule has 0 unspecified atom stereocenters. The molecule has 0 radical (unpaired) electrons. The first-order valence-corrected chi connectivity index (χ1v) is 6.62. The van der Waals surface area contributed by atoms with E-state index in [4.69, 9.17) is 5.73 Å². The minimum atomic E-state index is 0.0450. The van der Waals surface area contributed by atoms with E-state index < -0.39 is 0 Å². The third-order valence-electron chi connectivity index (χ3n) is 4.02. The molecule has 0 amide bonds. The van der Waals surface area contributed by atoms with Crippen LogP contribution in [0.1, 0.15) is 31.9 Å². The van der Waals surface area contributed by atoms with Gasteiger partial charge in [-0.05, 0) is 23.5 Å². The molecular formula is C15H24N2. The van der Waals surface area contributed by atoms with E-state index in [9.17, 15) is 0 Å². The Bertz CT molecular complexity index is 361. The van der Waals surface area contributed by atoms with E-state index in [1.165, 1.54) is 11.1 Å². The highest BCUT2D eigenvalue weighted by Gasteiger charge is 2.41. The monoisotopic (exact) mass is 232 g/mol. The molecule has 0 aromatic heterocycles. The maximum atomic E-state index is 6.29. The van der Waals surface area contributed by atoms with Gasteiger partial charge in [-0.15, -0.1) is 0 Å². The Morgan fingerprint density at radius 1 is 1.18 bits per heavy atom. The molecule has 2 N–H and O–H groups in total. The Labute approximate surface area is 105 Å². The average Bonchev–Trinajstić information content (AvgIpc) is 2.27. The fourth-order valence-corrected chi connectivity index (χ4v) is 2.40. The molecule has 1 saturated heterocycles. The van der Waals surface area contributed by atoms with E-state index in [-0.39, 0.29) is 5.54 Å². The van der Waals surface area contributed by atoms with Gasteiger partial charge in [-0.1, -0.05) is 45.0 Å². The van der Waals surface area contributed by atoms with Gasteiger partial charge in [0.1, 0.15) is 0 Å². The van der Waals surface area contributed by atoms with Gasteiger partial charge in [0, 0.05) is 25.2 Å². The Balaban J connectivity index is 1.87. The summed E-state index contributed by atoms with van der Waals surface area (Å²) in [5.74, 6) is 0.571. The minimum Gasteiger partial charge on any atom is -0.323 e. The fraction of sp³-hybridized carbons (Fsp3) is 0.600. The smallest absolute Gasteiger partial charge is 0.0435 e. The van der Waals surface area contributed by atoms with E-state index in [1.807, 2.05) is 0 Å². The van der Waals surface area contributed by atoms with Crippen molar-refractivity contribution >= 4 is 0 Å². The van der Waals surface area contributed by atoms with Gasteiger partial charge in [0.05, 0.1) is 0 Å². The zero-order chi connectivity index (χ0) is 12.5. The molecule has 0 bridgehead atoms. The molecule has 1 heterocycles. The maximum absolute atomic E-state index is 6.29. The number of aryl methyl sites for hydroxylation is 1. The van der Waals surface area contributed by atoms with Crippen LogP contribution in [0, 0.1) is 5.92 Å². The summed E-state index contributed by atoms with van der Waals surface area (Å²) in [6.45, 7) is 9.71. The molecule has 94 valence electrons. The molecule has 1 aromatic carbocycles. The van der Waals surface area contributed by atoms with Gasteiger partial charge in [-0.3, -0.25) is 4.90 Å². The predicted octanol–water partition coefficient (Wildman–Crippen LogP) is 2.42. The van der Waals surface area contributed by atoms with Gasteiger partial charge >= 0.3 is 0 Å². The number of nitrogens with zero attached hydrogens (tertiary/aromatic N) is 1. The van der Waals surface area contributed by atoms with Crippen LogP contribution in [0.2, 0.25) is 0 Å². The van der Waals surface area contributed by atoms with Crippen molar-refractivity contribution in [2.45, 2.75) is 39.3 Å². The summed E-state index contributed by atoms with van der Waals surface area (Å²) in [5, 5.41) is 0. The normalized spacial score (nSPS) is 19.4. The van der Waals surface area contributed by atoms with Crippen LogP contribution in [0.25, 0.3) is 0 Å². The summed E-state index contributed by atoms with van der Waals surface area (Å²) in [6, 6.07) is 8.94. The summed E-state index contributed by atoms with van der Waals surface area (Å²) in [6.07, 6.45) is 1.11. The van der Waals surface area contributed by atoms with Crippen LogP contribution in [-0.4, -0.2) is 23.5 Å². The van der Waals surface area contributed by atoms with Crippen LogP contribution < -0.4 is 5.73 Å². The quantitative estimate of drug-likeness (QED) is 0.864. The van der Waals surface area contributed by atoms with Crippen LogP contribution >= 0.6 is 0 Å². The summed E-state index contributed by atoms with van der Waals surface area (Å²) in [5.41, 5.74) is 9.14. The zero-order valence-electron chi connectivity index (χ0n) is 11.2. The van der Waals surface area contributed by atoms with Crippen LogP contribution in [0.3, 0.4) is 0 Å². The predicted molar refractivity (Wildman–Crippen MR) is 72.9 cm³/mol. The third kappa shape index (κ3) is 2.70. The SMILES string of the molecule is CCc1ccc(CN2CC(N)(C(C)C)C2)cc1. The van der Waals surface area contributed by atoms with Crippen LogP contribution in [0.5, 0.6) is 0 Å². The number of benzene rings is 1.